The first-order valence-electron chi connectivity index (χ1n) is 3.69. The van der Waals surface area contributed by atoms with Crippen molar-refractivity contribution in [1.29, 1.82) is 0 Å². The molecule has 0 aromatic heterocycles. The Morgan fingerprint density at radius 1 is 1.36 bits per heavy atom. The van der Waals surface area contributed by atoms with Crippen LogP contribution in [0.25, 0.3) is 0 Å². The van der Waals surface area contributed by atoms with Gasteiger partial charge in [0.25, 0.3) is 0 Å². The average Bonchev–Trinajstić information content (AvgIpc) is 1.55. The quantitative estimate of drug-likeness (QED) is 0.512. The predicted molar refractivity (Wildman–Crippen MR) is 49.6 cm³/mol. The molecule has 0 aliphatic rings. The number of hydrogen-bond donors (Lipinski definition) is 0. The zero-order chi connectivity index (χ0) is 9.12. The summed E-state index contributed by atoms with van der Waals surface area (Å²) in [6, 6.07) is 0. The summed E-state index contributed by atoms with van der Waals surface area (Å²) in [5.41, 5.74) is 0. The van der Waals surface area contributed by atoms with Crippen LogP contribution in [0.3, 0.4) is 0 Å². The van der Waals surface area contributed by atoms with Crippen LogP contribution >= 0.6 is 7.60 Å². The van der Waals surface area contributed by atoms with Gasteiger partial charge < -0.3 is 8.74 Å². The van der Waals surface area contributed by atoms with Gasteiger partial charge in [0.2, 0.25) is 0 Å². The summed E-state index contributed by atoms with van der Waals surface area (Å²) in [6.45, 7) is 9.74. The molecule has 1 atom stereocenters. The minimum atomic E-state index is -2.75. The van der Waals surface area contributed by atoms with E-state index in [4.69, 9.17) is 8.74 Å². The van der Waals surface area contributed by atoms with Gasteiger partial charge in [-0.2, -0.15) is 0 Å². The molecule has 0 spiro atoms. The topological polar surface area (TPSA) is 35.5 Å². The fourth-order valence-electron chi connectivity index (χ4n) is 0.758. The molecule has 0 fully saturated rings. The third kappa shape index (κ3) is 6.75. The van der Waals surface area contributed by atoms with Crippen LogP contribution < -0.4 is 0 Å². The van der Waals surface area contributed by atoms with E-state index in [2.05, 4.69) is 0 Å². The van der Waals surface area contributed by atoms with E-state index >= 15 is 0 Å². The average molecular weight is 196 g/mol. The molecule has 11 heavy (non-hydrogen) atoms. The molecule has 0 aromatic carbocycles. The monoisotopic (exact) mass is 196 g/mol. The highest BCUT2D eigenvalue weighted by atomic mass is 31.2. The van der Waals surface area contributed by atoms with Crippen molar-refractivity contribution in [1.82, 2.24) is 0 Å². The molecular formula is C6H17O3PSi. The fraction of sp³-hybridized carbons (Fsp3) is 1.00. The van der Waals surface area contributed by atoms with Crippen molar-refractivity contribution >= 4 is 15.9 Å². The zero-order valence-corrected chi connectivity index (χ0v) is 9.77. The van der Waals surface area contributed by atoms with Crippen molar-refractivity contribution in [3.8, 4) is 0 Å². The van der Waals surface area contributed by atoms with Gasteiger partial charge in [-0.25, -0.2) is 0 Å². The molecule has 0 aliphatic carbocycles. The van der Waals surface area contributed by atoms with Gasteiger partial charge in [0.15, 0.2) is 8.32 Å². The second kappa shape index (κ2) is 3.85. The SMILES string of the molecule is CCOP(C)(=O)O[Si](C)(C)C. The van der Waals surface area contributed by atoms with E-state index in [-0.39, 0.29) is 0 Å². The van der Waals surface area contributed by atoms with Gasteiger partial charge in [0, 0.05) is 6.66 Å². The van der Waals surface area contributed by atoms with Crippen LogP contribution in [0, 0.1) is 0 Å². The molecule has 3 nitrogen and oxygen atoms in total. The highest BCUT2D eigenvalue weighted by Gasteiger charge is 2.26. The van der Waals surface area contributed by atoms with E-state index in [0.717, 1.165) is 0 Å². The lowest BCUT2D eigenvalue weighted by Gasteiger charge is -2.22. The van der Waals surface area contributed by atoms with Crippen molar-refractivity contribution in [2.45, 2.75) is 26.6 Å². The molecule has 1 unspecified atom stereocenters. The molecule has 5 heteroatoms. The second-order valence-electron chi connectivity index (χ2n) is 3.39. The van der Waals surface area contributed by atoms with Crippen LogP contribution in [-0.4, -0.2) is 21.6 Å². The van der Waals surface area contributed by atoms with E-state index in [1.165, 1.54) is 6.66 Å². The van der Waals surface area contributed by atoms with E-state index in [9.17, 15) is 4.57 Å². The van der Waals surface area contributed by atoms with Crippen molar-refractivity contribution in [3.63, 3.8) is 0 Å². The van der Waals surface area contributed by atoms with Crippen molar-refractivity contribution < 1.29 is 13.3 Å². The minimum Gasteiger partial charge on any atom is -0.351 e. The Labute approximate surface area is 69.8 Å². The van der Waals surface area contributed by atoms with Gasteiger partial charge in [-0.3, -0.25) is 4.57 Å². The Kier molecular flexibility index (Phi) is 3.98. The summed E-state index contributed by atoms with van der Waals surface area (Å²) in [7, 11) is -4.47. The van der Waals surface area contributed by atoms with Crippen LogP contribution in [0.2, 0.25) is 19.6 Å². The molecule has 0 saturated carbocycles. The smallest absolute Gasteiger partial charge is 0.318 e. The normalized spacial score (nSPS) is 17.9. The largest absolute Gasteiger partial charge is 0.351 e. The maximum absolute atomic E-state index is 11.4. The maximum Gasteiger partial charge on any atom is 0.318 e. The number of rotatable bonds is 4. The summed E-state index contributed by atoms with van der Waals surface area (Å²) in [5.74, 6) is 0. The fourth-order valence-corrected chi connectivity index (χ4v) is 5.42. The maximum atomic E-state index is 11.4. The number of hydrogen-bond acceptors (Lipinski definition) is 3. The highest BCUT2D eigenvalue weighted by molar-refractivity contribution is 7.54. The lowest BCUT2D eigenvalue weighted by molar-refractivity contribution is 0.283. The van der Waals surface area contributed by atoms with Crippen LogP contribution in [-0.2, 0) is 13.3 Å². The molecule has 68 valence electrons. The summed E-state index contributed by atoms with van der Waals surface area (Å²) < 4.78 is 21.7. The molecular weight excluding hydrogens is 179 g/mol. The molecule has 0 bridgehead atoms. The first-order chi connectivity index (χ1) is 4.77. The highest BCUT2D eigenvalue weighted by Crippen LogP contribution is 2.46. The predicted octanol–water partition coefficient (Wildman–Crippen LogP) is 2.70. The van der Waals surface area contributed by atoms with E-state index in [1.807, 2.05) is 26.6 Å². The second-order valence-corrected chi connectivity index (χ2v) is 10.1. The molecule has 0 saturated heterocycles. The van der Waals surface area contributed by atoms with Gasteiger partial charge in [-0.15, -0.1) is 0 Å². The van der Waals surface area contributed by atoms with Gasteiger partial charge in [0.05, 0.1) is 6.61 Å². The first-order valence-corrected chi connectivity index (χ1v) is 9.09. The summed E-state index contributed by atoms with van der Waals surface area (Å²) in [4.78, 5) is 0. The third-order valence-electron chi connectivity index (χ3n) is 0.803. The molecule has 0 amide bonds. The first kappa shape index (κ1) is 11.4. The van der Waals surface area contributed by atoms with E-state index in [1.54, 1.807) is 0 Å². The molecule has 0 N–H and O–H groups in total. The van der Waals surface area contributed by atoms with Crippen LogP contribution in [0.5, 0.6) is 0 Å². The molecule has 0 aromatic rings. The van der Waals surface area contributed by atoms with Gasteiger partial charge in [-0.05, 0) is 26.6 Å². The minimum absolute atomic E-state index is 0.443. The lowest BCUT2D eigenvalue weighted by atomic mass is 10.9. The van der Waals surface area contributed by atoms with Crippen LogP contribution in [0.15, 0.2) is 0 Å². The zero-order valence-electron chi connectivity index (χ0n) is 7.88. The van der Waals surface area contributed by atoms with E-state index < -0.39 is 15.9 Å². The molecule has 0 rings (SSSR count). The lowest BCUT2D eigenvalue weighted by Crippen LogP contribution is -2.23. The summed E-state index contributed by atoms with van der Waals surface area (Å²) in [6.07, 6.45) is 0. The van der Waals surface area contributed by atoms with Crippen molar-refractivity contribution in [2.24, 2.45) is 0 Å². The van der Waals surface area contributed by atoms with Gasteiger partial charge in [-0.1, -0.05) is 0 Å². The Balaban J connectivity index is 4.03. The Morgan fingerprint density at radius 3 is 2.09 bits per heavy atom. The van der Waals surface area contributed by atoms with Crippen molar-refractivity contribution in [2.75, 3.05) is 13.3 Å². The van der Waals surface area contributed by atoms with Crippen LogP contribution in [0.4, 0.5) is 0 Å². The summed E-state index contributed by atoms with van der Waals surface area (Å²) in [5, 5.41) is 0. The molecule has 0 aliphatic heterocycles. The van der Waals surface area contributed by atoms with Gasteiger partial charge >= 0.3 is 7.60 Å². The molecule has 0 radical (unpaired) electrons. The Morgan fingerprint density at radius 2 is 1.82 bits per heavy atom. The summed E-state index contributed by atoms with van der Waals surface area (Å²) >= 11 is 0. The Bertz CT molecular complexity index is 164. The third-order valence-corrected chi connectivity index (χ3v) is 5.05. The van der Waals surface area contributed by atoms with Crippen LogP contribution in [0.1, 0.15) is 6.92 Å². The van der Waals surface area contributed by atoms with E-state index in [0.29, 0.717) is 6.61 Å². The Hall–Kier alpha value is 0.367. The standard InChI is InChI=1S/C6H17O3PSi/c1-6-8-10(2,7)9-11(3,4)5/h6H2,1-5H3. The van der Waals surface area contributed by atoms with Crippen molar-refractivity contribution in [3.05, 3.63) is 0 Å². The molecule has 0 heterocycles. The van der Waals surface area contributed by atoms with Gasteiger partial charge in [0.1, 0.15) is 0 Å².